The zero-order chi connectivity index (χ0) is 27.3. The third-order valence-electron chi connectivity index (χ3n) is 9.14. The van der Waals surface area contributed by atoms with E-state index in [0.717, 1.165) is 55.8 Å². The lowest BCUT2D eigenvalue weighted by atomic mass is 9.91. The number of Topliss-reactive ketones (excluding diaryl/α,β-unsaturated/α-hetero) is 2. The number of hydrogen-bond donors (Lipinski definition) is 2. The van der Waals surface area contributed by atoms with Crippen molar-refractivity contribution < 1.29 is 23.9 Å². The number of nitrogens with one attached hydrogen (secondary N) is 2. The summed E-state index contributed by atoms with van der Waals surface area (Å²) in [6.07, 6.45) is 7.86. The number of ketones is 2. The van der Waals surface area contributed by atoms with Gasteiger partial charge in [0.2, 0.25) is 5.91 Å². The second kappa shape index (κ2) is 10.6. The summed E-state index contributed by atoms with van der Waals surface area (Å²) in [5.41, 5.74) is 1.11. The molecule has 4 fully saturated rings. The molecule has 39 heavy (non-hydrogen) atoms. The first-order valence-corrected chi connectivity index (χ1v) is 14.9. The van der Waals surface area contributed by atoms with E-state index in [0.29, 0.717) is 35.9 Å². The summed E-state index contributed by atoms with van der Waals surface area (Å²) in [6, 6.07) is 4.00. The highest BCUT2D eigenvalue weighted by Crippen LogP contribution is 2.43. The minimum Gasteiger partial charge on any atom is -0.490 e. The Morgan fingerprint density at radius 2 is 1.95 bits per heavy atom. The van der Waals surface area contributed by atoms with Crippen LogP contribution in [-0.2, 0) is 14.4 Å². The molecule has 2 heterocycles. The van der Waals surface area contributed by atoms with Crippen LogP contribution in [0.5, 0.6) is 5.75 Å². The predicted molar refractivity (Wildman–Crippen MR) is 147 cm³/mol. The van der Waals surface area contributed by atoms with Crippen molar-refractivity contribution in [2.75, 3.05) is 6.54 Å². The molecule has 1 aromatic heterocycles. The Morgan fingerprint density at radius 1 is 1.13 bits per heavy atom. The molecule has 3 aliphatic carbocycles. The van der Waals surface area contributed by atoms with Gasteiger partial charge in [0.05, 0.1) is 17.7 Å². The number of nitrogens with zero attached hydrogens (tertiary/aromatic N) is 1. The highest BCUT2D eigenvalue weighted by Gasteiger charge is 2.50. The molecule has 2 amide bonds. The first-order chi connectivity index (χ1) is 18.8. The van der Waals surface area contributed by atoms with Gasteiger partial charge >= 0.3 is 0 Å². The number of halogens is 1. The van der Waals surface area contributed by atoms with Gasteiger partial charge in [-0.05, 0) is 75.0 Å². The van der Waals surface area contributed by atoms with Crippen LogP contribution in [0, 0.1) is 17.8 Å². The Bertz CT molecular complexity index is 1320. The number of aromatic nitrogens is 1. The van der Waals surface area contributed by atoms with Crippen LogP contribution in [0.2, 0.25) is 5.02 Å². The molecule has 3 saturated carbocycles. The minimum atomic E-state index is -0.704. The quantitative estimate of drug-likeness (QED) is 0.462. The average molecular weight is 554 g/mol. The molecule has 2 N–H and O–H groups in total. The van der Waals surface area contributed by atoms with Crippen LogP contribution in [0.4, 0.5) is 0 Å². The third kappa shape index (κ3) is 5.20. The van der Waals surface area contributed by atoms with Crippen molar-refractivity contribution in [2.45, 2.75) is 89.3 Å². The molecule has 0 radical (unpaired) electrons. The second-order valence-corrected chi connectivity index (χ2v) is 12.2. The molecule has 0 spiro atoms. The van der Waals surface area contributed by atoms with E-state index in [-0.39, 0.29) is 53.7 Å². The number of H-pyrrole nitrogens is 1. The lowest BCUT2D eigenvalue weighted by Gasteiger charge is -2.29. The number of rotatable bonds is 9. The Hall–Kier alpha value is -2.87. The molecular weight excluding hydrogens is 518 g/mol. The average Bonchev–Trinajstić information content (AvgIpc) is 3.25. The molecule has 0 bridgehead atoms. The van der Waals surface area contributed by atoms with E-state index in [1.165, 1.54) is 0 Å². The van der Waals surface area contributed by atoms with Crippen LogP contribution in [0.1, 0.15) is 81.6 Å². The number of carbonyl (C=O) groups is 4. The fourth-order valence-electron chi connectivity index (χ4n) is 6.95. The second-order valence-electron chi connectivity index (χ2n) is 11.8. The van der Waals surface area contributed by atoms with Crippen molar-refractivity contribution in [2.24, 2.45) is 17.8 Å². The Labute approximate surface area is 233 Å². The normalized spacial score (nSPS) is 27.1. The largest absolute Gasteiger partial charge is 0.490 e. The molecular formula is C30H36ClN3O5. The van der Waals surface area contributed by atoms with Crippen molar-refractivity contribution in [1.82, 2.24) is 15.2 Å². The molecule has 5 atom stereocenters. The molecule has 208 valence electrons. The lowest BCUT2D eigenvalue weighted by molar-refractivity contribution is -0.131. The molecule has 1 saturated heterocycles. The summed E-state index contributed by atoms with van der Waals surface area (Å²) in [7, 11) is 0. The van der Waals surface area contributed by atoms with E-state index in [1.54, 1.807) is 30.0 Å². The number of aromatic amines is 1. The summed E-state index contributed by atoms with van der Waals surface area (Å²) in [6.45, 7) is 2.29. The fourth-order valence-corrected chi connectivity index (χ4v) is 7.16. The first kappa shape index (κ1) is 26.4. The van der Waals surface area contributed by atoms with Gasteiger partial charge in [-0.1, -0.05) is 24.9 Å². The smallest absolute Gasteiger partial charge is 0.271 e. The SMILES string of the molecule is CCC(=O)C(CC1CCCC1=O)NC(=O)C1C2CCCC2CN1C(=O)c1cc2c(OC3CC3)cc(Cl)cc2[nH]1. The van der Waals surface area contributed by atoms with Crippen molar-refractivity contribution >= 4 is 45.9 Å². The Kier molecular flexibility index (Phi) is 7.16. The van der Waals surface area contributed by atoms with Gasteiger partial charge < -0.3 is 19.9 Å². The highest BCUT2D eigenvalue weighted by atomic mass is 35.5. The van der Waals surface area contributed by atoms with E-state index in [2.05, 4.69) is 10.3 Å². The van der Waals surface area contributed by atoms with E-state index >= 15 is 0 Å². The van der Waals surface area contributed by atoms with Crippen LogP contribution in [0.25, 0.3) is 10.9 Å². The van der Waals surface area contributed by atoms with Crippen molar-refractivity contribution in [3.05, 3.63) is 28.9 Å². The highest BCUT2D eigenvalue weighted by molar-refractivity contribution is 6.31. The topological polar surface area (TPSA) is 109 Å². The standard InChI is InChI=1S/C30H36ClN3O5/c1-2-25(35)23(11-16-5-4-8-26(16)36)33-29(37)28-20-7-3-6-17(20)15-34(28)30(38)24-14-21-22(32-24)12-18(31)13-27(21)39-19-9-10-19/h12-14,16-17,19-20,23,28,32H,2-11,15H2,1H3,(H,33,37). The zero-order valence-corrected chi connectivity index (χ0v) is 23.1. The number of benzene rings is 1. The maximum atomic E-state index is 13.9. The number of carbonyl (C=O) groups excluding carboxylic acids is 4. The van der Waals surface area contributed by atoms with Crippen molar-refractivity contribution in [3.63, 3.8) is 0 Å². The fraction of sp³-hybridized carbons (Fsp3) is 0.600. The maximum absolute atomic E-state index is 13.9. The van der Waals surface area contributed by atoms with Gasteiger partial charge in [0.1, 0.15) is 23.3 Å². The van der Waals surface area contributed by atoms with Gasteiger partial charge in [0.25, 0.3) is 5.91 Å². The Morgan fingerprint density at radius 3 is 2.67 bits per heavy atom. The van der Waals surface area contributed by atoms with Crippen LogP contribution in [0.3, 0.4) is 0 Å². The van der Waals surface area contributed by atoms with Crippen molar-refractivity contribution in [1.29, 1.82) is 0 Å². The van der Waals surface area contributed by atoms with Gasteiger partial charge in [-0.3, -0.25) is 19.2 Å². The summed E-state index contributed by atoms with van der Waals surface area (Å²) in [5, 5.41) is 4.32. The van der Waals surface area contributed by atoms with Gasteiger partial charge in [-0.2, -0.15) is 0 Å². The minimum absolute atomic E-state index is 0.0621. The monoisotopic (exact) mass is 553 g/mol. The van der Waals surface area contributed by atoms with Gasteiger partial charge in [-0.15, -0.1) is 0 Å². The maximum Gasteiger partial charge on any atom is 0.271 e. The van der Waals surface area contributed by atoms with E-state index < -0.39 is 12.1 Å². The molecule has 9 heteroatoms. The summed E-state index contributed by atoms with van der Waals surface area (Å²) < 4.78 is 6.05. The zero-order valence-electron chi connectivity index (χ0n) is 22.3. The number of fused-ring (bicyclic) bond motifs is 2. The van der Waals surface area contributed by atoms with Gasteiger partial charge in [-0.25, -0.2) is 0 Å². The number of likely N-dealkylation sites (tertiary alicyclic amines) is 1. The number of amides is 2. The molecule has 8 nitrogen and oxygen atoms in total. The van der Waals surface area contributed by atoms with E-state index in [9.17, 15) is 19.2 Å². The lowest BCUT2D eigenvalue weighted by Crippen LogP contribution is -2.53. The van der Waals surface area contributed by atoms with Crippen LogP contribution in [-0.4, -0.2) is 58.0 Å². The van der Waals surface area contributed by atoms with Gasteiger partial charge in [0.15, 0.2) is 5.78 Å². The van der Waals surface area contributed by atoms with Gasteiger partial charge in [0, 0.05) is 35.7 Å². The van der Waals surface area contributed by atoms with Crippen molar-refractivity contribution in [3.8, 4) is 5.75 Å². The molecule has 2 aromatic rings. The number of hydrogen-bond acceptors (Lipinski definition) is 5. The first-order valence-electron chi connectivity index (χ1n) is 14.5. The summed E-state index contributed by atoms with van der Waals surface area (Å²) in [4.78, 5) is 57.8. The summed E-state index contributed by atoms with van der Waals surface area (Å²) >= 11 is 6.33. The van der Waals surface area contributed by atoms with E-state index in [4.69, 9.17) is 16.3 Å². The summed E-state index contributed by atoms with van der Waals surface area (Å²) in [5.74, 6) is 0.376. The molecule has 1 aliphatic heterocycles. The Balaban J connectivity index is 1.25. The van der Waals surface area contributed by atoms with Crippen LogP contribution in [0.15, 0.2) is 18.2 Å². The molecule has 6 rings (SSSR count). The molecule has 1 aromatic carbocycles. The van der Waals surface area contributed by atoms with Crippen LogP contribution < -0.4 is 10.1 Å². The number of ether oxygens (including phenoxy) is 1. The third-order valence-corrected chi connectivity index (χ3v) is 9.36. The van der Waals surface area contributed by atoms with Crippen LogP contribution >= 0.6 is 11.6 Å². The molecule has 4 aliphatic rings. The predicted octanol–water partition coefficient (Wildman–Crippen LogP) is 4.83. The van der Waals surface area contributed by atoms with E-state index in [1.807, 2.05) is 0 Å². The molecule has 5 unspecified atom stereocenters.